The van der Waals surface area contributed by atoms with E-state index < -0.39 is 0 Å². The first kappa shape index (κ1) is 14.9. The summed E-state index contributed by atoms with van der Waals surface area (Å²) < 4.78 is 0. The Labute approximate surface area is 124 Å². The minimum atomic E-state index is -0.319. The van der Waals surface area contributed by atoms with E-state index in [2.05, 4.69) is 32.5 Å². The quantitative estimate of drug-likeness (QED) is 0.882. The first-order chi connectivity index (χ1) is 10.1. The molecule has 6 nitrogen and oxygen atoms in total. The van der Waals surface area contributed by atoms with E-state index in [0.29, 0.717) is 11.6 Å². The van der Waals surface area contributed by atoms with Crippen LogP contribution in [-0.2, 0) is 0 Å². The number of rotatable bonds is 5. The van der Waals surface area contributed by atoms with Crippen LogP contribution in [0.1, 0.15) is 35.2 Å². The van der Waals surface area contributed by atoms with Crippen molar-refractivity contribution in [2.45, 2.75) is 27.2 Å². The van der Waals surface area contributed by atoms with E-state index in [1.165, 1.54) is 0 Å². The molecule has 2 N–H and O–H groups in total. The van der Waals surface area contributed by atoms with E-state index in [9.17, 15) is 4.79 Å². The zero-order chi connectivity index (χ0) is 15.2. The Hall–Kier alpha value is -2.50. The number of hydrogen-bond acceptors (Lipinski definition) is 5. The molecule has 0 fully saturated rings. The van der Waals surface area contributed by atoms with Crippen molar-refractivity contribution in [3.05, 3.63) is 41.5 Å². The molecule has 0 aliphatic carbocycles. The number of pyridine rings is 1. The molecule has 0 spiro atoms. The smallest absolute Gasteiger partial charge is 0.276 e. The van der Waals surface area contributed by atoms with Gasteiger partial charge in [0.05, 0.1) is 0 Å². The van der Waals surface area contributed by atoms with Crippen LogP contribution in [0.5, 0.6) is 0 Å². The summed E-state index contributed by atoms with van der Waals surface area (Å²) >= 11 is 0. The lowest BCUT2D eigenvalue weighted by Crippen LogP contribution is -2.16. The van der Waals surface area contributed by atoms with Gasteiger partial charge in [0.15, 0.2) is 0 Å². The molecule has 2 aromatic rings. The SMILES string of the molecule is CCCNc1ccnc(C(=O)Nc2nc(C)cc(C)n2)c1. The van der Waals surface area contributed by atoms with Gasteiger partial charge in [-0.05, 0) is 38.5 Å². The molecule has 0 radical (unpaired) electrons. The maximum Gasteiger partial charge on any atom is 0.276 e. The topological polar surface area (TPSA) is 79.8 Å². The molecule has 6 heteroatoms. The second-order valence-corrected chi connectivity index (χ2v) is 4.78. The third kappa shape index (κ3) is 4.24. The molecule has 0 atom stereocenters. The van der Waals surface area contributed by atoms with Gasteiger partial charge < -0.3 is 5.32 Å². The maximum absolute atomic E-state index is 12.2. The highest BCUT2D eigenvalue weighted by Crippen LogP contribution is 2.10. The van der Waals surface area contributed by atoms with Gasteiger partial charge in [0.2, 0.25) is 5.95 Å². The molecule has 1 amide bonds. The number of anilines is 2. The molecule has 2 rings (SSSR count). The molecule has 21 heavy (non-hydrogen) atoms. The van der Waals surface area contributed by atoms with Crippen molar-refractivity contribution < 1.29 is 4.79 Å². The number of carbonyl (C=O) groups is 1. The Morgan fingerprint density at radius 1 is 1.19 bits per heavy atom. The summed E-state index contributed by atoms with van der Waals surface area (Å²) in [6.07, 6.45) is 2.62. The third-order valence-corrected chi connectivity index (χ3v) is 2.78. The van der Waals surface area contributed by atoms with E-state index in [1.807, 2.05) is 26.0 Å². The molecule has 110 valence electrons. The van der Waals surface area contributed by atoms with Gasteiger partial charge in [-0.15, -0.1) is 0 Å². The van der Waals surface area contributed by atoms with Crippen LogP contribution in [0.2, 0.25) is 0 Å². The molecule has 0 saturated heterocycles. The standard InChI is InChI=1S/C15H19N5O/c1-4-6-16-12-5-7-17-13(9-12)14(21)20-15-18-10(2)8-11(3)19-15/h5,7-9H,4,6H2,1-3H3,(H,16,17)(H,18,19,20,21). The van der Waals surface area contributed by atoms with Crippen LogP contribution in [0.3, 0.4) is 0 Å². The largest absolute Gasteiger partial charge is 0.385 e. The molecule has 0 saturated carbocycles. The minimum absolute atomic E-state index is 0.297. The molecule has 2 heterocycles. The fourth-order valence-corrected chi connectivity index (χ4v) is 1.88. The minimum Gasteiger partial charge on any atom is -0.385 e. The van der Waals surface area contributed by atoms with Gasteiger partial charge in [-0.1, -0.05) is 6.92 Å². The molecule has 0 aliphatic rings. The van der Waals surface area contributed by atoms with E-state index in [-0.39, 0.29) is 5.91 Å². The fourth-order valence-electron chi connectivity index (χ4n) is 1.88. The van der Waals surface area contributed by atoms with Gasteiger partial charge in [-0.2, -0.15) is 0 Å². The van der Waals surface area contributed by atoms with Gasteiger partial charge in [0.25, 0.3) is 5.91 Å². The van der Waals surface area contributed by atoms with Gasteiger partial charge in [-0.25, -0.2) is 9.97 Å². The first-order valence-electron chi connectivity index (χ1n) is 6.92. The van der Waals surface area contributed by atoms with Crippen molar-refractivity contribution in [3.8, 4) is 0 Å². The summed E-state index contributed by atoms with van der Waals surface area (Å²) in [5.74, 6) is -0.0219. The summed E-state index contributed by atoms with van der Waals surface area (Å²) in [7, 11) is 0. The molecule has 0 bridgehead atoms. The summed E-state index contributed by atoms with van der Waals surface area (Å²) in [4.78, 5) is 24.6. The van der Waals surface area contributed by atoms with Crippen LogP contribution in [0.4, 0.5) is 11.6 Å². The third-order valence-electron chi connectivity index (χ3n) is 2.78. The number of nitrogens with zero attached hydrogens (tertiary/aromatic N) is 3. The van der Waals surface area contributed by atoms with E-state index >= 15 is 0 Å². The van der Waals surface area contributed by atoms with Gasteiger partial charge >= 0.3 is 0 Å². The lowest BCUT2D eigenvalue weighted by Gasteiger charge is -2.07. The zero-order valence-corrected chi connectivity index (χ0v) is 12.5. The monoisotopic (exact) mass is 285 g/mol. The predicted octanol–water partition coefficient (Wildman–Crippen LogP) is 2.56. The fraction of sp³-hybridized carbons (Fsp3) is 0.333. The van der Waals surface area contributed by atoms with Crippen LogP contribution in [0.15, 0.2) is 24.4 Å². The number of amides is 1. The Morgan fingerprint density at radius 3 is 2.57 bits per heavy atom. The highest BCUT2D eigenvalue weighted by Gasteiger charge is 2.10. The summed E-state index contributed by atoms with van der Waals surface area (Å²) in [6, 6.07) is 5.40. The van der Waals surface area contributed by atoms with Gasteiger partial charge in [0, 0.05) is 29.8 Å². The molecule has 0 aliphatic heterocycles. The van der Waals surface area contributed by atoms with Crippen molar-refractivity contribution in [1.82, 2.24) is 15.0 Å². The number of hydrogen-bond donors (Lipinski definition) is 2. The zero-order valence-electron chi connectivity index (χ0n) is 12.5. The van der Waals surface area contributed by atoms with E-state index in [1.54, 1.807) is 12.3 Å². The first-order valence-corrected chi connectivity index (χ1v) is 6.92. The number of nitrogens with one attached hydrogen (secondary N) is 2. The number of aryl methyl sites for hydroxylation is 2. The Kier molecular flexibility index (Phi) is 4.81. The normalized spacial score (nSPS) is 10.2. The Bertz CT molecular complexity index is 621. The van der Waals surface area contributed by atoms with Gasteiger partial charge in [0.1, 0.15) is 5.69 Å². The van der Waals surface area contributed by atoms with E-state index in [4.69, 9.17) is 0 Å². The molecule has 0 unspecified atom stereocenters. The second-order valence-electron chi connectivity index (χ2n) is 4.78. The van der Waals surface area contributed by atoms with Crippen LogP contribution in [0, 0.1) is 13.8 Å². The van der Waals surface area contributed by atoms with Crippen LogP contribution >= 0.6 is 0 Å². The number of aromatic nitrogens is 3. The summed E-state index contributed by atoms with van der Waals surface area (Å²) in [5, 5.41) is 5.89. The predicted molar refractivity (Wildman–Crippen MR) is 82.5 cm³/mol. The Balaban J connectivity index is 2.12. The van der Waals surface area contributed by atoms with Crippen molar-refractivity contribution >= 4 is 17.5 Å². The highest BCUT2D eigenvalue weighted by molar-refractivity contribution is 6.02. The Morgan fingerprint density at radius 2 is 1.90 bits per heavy atom. The van der Waals surface area contributed by atoms with Crippen LogP contribution < -0.4 is 10.6 Å². The van der Waals surface area contributed by atoms with Crippen LogP contribution in [-0.4, -0.2) is 27.4 Å². The molecular weight excluding hydrogens is 266 g/mol. The second kappa shape index (κ2) is 6.78. The lowest BCUT2D eigenvalue weighted by molar-refractivity contribution is 0.102. The molecule has 2 aromatic heterocycles. The van der Waals surface area contributed by atoms with Crippen molar-refractivity contribution in [3.63, 3.8) is 0 Å². The van der Waals surface area contributed by atoms with Crippen molar-refractivity contribution in [2.24, 2.45) is 0 Å². The maximum atomic E-state index is 12.2. The lowest BCUT2D eigenvalue weighted by atomic mass is 10.3. The molecular formula is C15H19N5O. The number of carbonyl (C=O) groups excluding carboxylic acids is 1. The van der Waals surface area contributed by atoms with Crippen LogP contribution in [0.25, 0.3) is 0 Å². The summed E-state index contributed by atoms with van der Waals surface area (Å²) in [5.41, 5.74) is 2.82. The van der Waals surface area contributed by atoms with Crippen molar-refractivity contribution in [2.75, 3.05) is 17.2 Å². The summed E-state index contributed by atoms with van der Waals surface area (Å²) in [6.45, 7) is 6.65. The van der Waals surface area contributed by atoms with Crippen molar-refractivity contribution in [1.29, 1.82) is 0 Å². The average molecular weight is 285 g/mol. The van der Waals surface area contributed by atoms with E-state index in [0.717, 1.165) is 30.0 Å². The van der Waals surface area contributed by atoms with Gasteiger partial charge in [-0.3, -0.25) is 15.1 Å². The molecule has 0 aromatic carbocycles. The average Bonchev–Trinajstić information content (AvgIpc) is 2.44. The highest BCUT2D eigenvalue weighted by atomic mass is 16.2.